The Morgan fingerprint density at radius 3 is 2.72 bits per heavy atom. The van der Waals surface area contributed by atoms with E-state index in [9.17, 15) is 13.2 Å². The van der Waals surface area contributed by atoms with Gasteiger partial charge in [-0.2, -0.15) is 0 Å². The summed E-state index contributed by atoms with van der Waals surface area (Å²) in [5, 5.41) is 18.7. The first kappa shape index (κ1) is 14.5. The van der Waals surface area contributed by atoms with Gasteiger partial charge < -0.3 is 10.4 Å². The molecule has 0 aromatic carbocycles. The highest BCUT2D eigenvalue weighted by molar-refractivity contribution is 7.88. The summed E-state index contributed by atoms with van der Waals surface area (Å²) in [6.07, 6.45) is 2.43. The number of carboxylic acids is 1. The maximum absolute atomic E-state index is 10.7. The molecule has 1 aromatic rings. The summed E-state index contributed by atoms with van der Waals surface area (Å²) < 4.78 is 25.2. The van der Waals surface area contributed by atoms with E-state index in [0.29, 0.717) is 26.2 Å². The zero-order chi connectivity index (χ0) is 13.6. The van der Waals surface area contributed by atoms with E-state index < -0.39 is 16.0 Å². The third-order valence-electron chi connectivity index (χ3n) is 1.94. The Labute approximate surface area is 104 Å². The summed E-state index contributed by atoms with van der Waals surface area (Å²) in [7, 11) is -3.15. The van der Waals surface area contributed by atoms with Gasteiger partial charge in [-0.15, -0.1) is 5.10 Å². The minimum atomic E-state index is -3.15. The van der Waals surface area contributed by atoms with Gasteiger partial charge in [-0.3, -0.25) is 4.68 Å². The molecule has 10 heteroatoms. The average Bonchev–Trinajstić information content (AvgIpc) is 2.70. The highest BCUT2D eigenvalue weighted by Crippen LogP contribution is 1.91. The summed E-state index contributed by atoms with van der Waals surface area (Å²) in [5.41, 5.74) is -0.103. The van der Waals surface area contributed by atoms with Gasteiger partial charge in [0.2, 0.25) is 10.0 Å². The van der Waals surface area contributed by atoms with Crippen molar-refractivity contribution in [1.29, 1.82) is 0 Å². The first-order valence-corrected chi connectivity index (χ1v) is 7.06. The van der Waals surface area contributed by atoms with E-state index in [2.05, 4.69) is 20.4 Å². The van der Waals surface area contributed by atoms with Crippen molar-refractivity contribution in [3.63, 3.8) is 0 Å². The van der Waals surface area contributed by atoms with E-state index >= 15 is 0 Å². The highest BCUT2D eigenvalue weighted by Gasteiger charge is 2.07. The number of hydrogen-bond acceptors (Lipinski definition) is 6. The molecule has 0 radical (unpaired) electrons. The molecule has 0 aliphatic carbocycles. The quantitative estimate of drug-likeness (QED) is 0.474. The lowest BCUT2D eigenvalue weighted by Gasteiger charge is -2.04. The normalized spacial score (nSPS) is 11.6. The van der Waals surface area contributed by atoms with Gasteiger partial charge in [-0.25, -0.2) is 17.9 Å². The van der Waals surface area contributed by atoms with Crippen LogP contribution in [0.25, 0.3) is 0 Å². The van der Waals surface area contributed by atoms with Crippen molar-refractivity contribution in [3.05, 3.63) is 11.9 Å². The lowest BCUT2D eigenvalue weighted by atomic mass is 10.5. The number of aromatic carboxylic acids is 1. The molecule has 0 spiro atoms. The molecule has 0 atom stereocenters. The second-order valence-electron chi connectivity index (χ2n) is 3.59. The number of rotatable bonds is 8. The van der Waals surface area contributed by atoms with Crippen LogP contribution in [0.1, 0.15) is 10.5 Å². The van der Waals surface area contributed by atoms with Gasteiger partial charge in [-0.05, 0) is 0 Å². The Morgan fingerprint density at radius 2 is 2.17 bits per heavy atom. The molecule has 102 valence electrons. The number of carboxylic acid groups (broad SMARTS) is 1. The minimum absolute atomic E-state index is 0.103. The molecule has 0 unspecified atom stereocenters. The van der Waals surface area contributed by atoms with Gasteiger partial charge in [0.05, 0.1) is 19.0 Å². The maximum Gasteiger partial charge on any atom is 0.358 e. The summed E-state index contributed by atoms with van der Waals surface area (Å²) in [6.45, 7) is 1.77. The smallest absolute Gasteiger partial charge is 0.358 e. The van der Waals surface area contributed by atoms with Crippen LogP contribution < -0.4 is 10.0 Å². The second kappa shape index (κ2) is 6.42. The predicted octanol–water partition coefficient (Wildman–Crippen LogP) is -1.88. The van der Waals surface area contributed by atoms with E-state index in [1.54, 1.807) is 0 Å². The van der Waals surface area contributed by atoms with Crippen molar-refractivity contribution < 1.29 is 18.3 Å². The van der Waals surface area contributed by atoms with Crippen LogP contribution in [0.5, 0.6) is 0 Å². The van der Waals surface area contributed by atoms with Crippen molar-refractivity contribution >= 4 is 16.0 Å². The van der Waals surface area contributed by atoms with Crippen molar-refractivity contribution in [2.75, 3.05) is 25.9 Å². The van der Waals surface area contributed by atoms with Gasteiger partial charge in [-0.1, -0.05) is 5.21 Å². The summed E-state index contributed by atoms with van der Waals surface area (Å²) in [6, 6.07) is 0. The van der Waals surface area contributed by atoms with E-state index in [0.717, 1.165) is 6.26 Å². The van der Waals surface area contributed by atoms with Crippen LogP contribution in [0, 0.1) is 0 Å². The molecule has 9 nitrogen and oxygen atoms in total. The Morgan fingerprint density at radius 1 is 1.44 bits per heavy atom. The van der Waals surface area contributed by atoms with E-state index in [1.807, 2.05) is 0 Å². The Balaban J connectivity index is 2.16. The fourth-order valence-corrected chi connectivity index (χ4v) is 1.62. The molecule has 0 bridgehead atoms. The molecule has 1 rings (SSSR count). The Hall–Kier alpha value is -1.52. The highest BCUT2D eigenvalue weighted by atomic mass is 32.2. The molecule has 18 heavy (non-hydrogen) atoms. The molecule has 0 saturated heterocycles. The topological polar surface area (TPSA) is 126 Å². The molecule has 1 aromatic heterocycles. The van der Waals surface area contributed by atoms with E-state index in [1.165, 1.54) is 10.9 Å². The van der Waals surface area contributed by atoms with Crippen LogP contribution in [-0.2, 0) is 16.6 Å². The molecule has 3 N–H and O–H groups in total. The molecule has 0 fully saturated rings. The van der Waals surface area contributed by atoms with Crippen molar-refractivity contribution in [2.45, 2.75) is 6.54 Å². The zero-order valence-corrected chi connectivity index (χ0v) is 10.6. The number of hydrogen-bond donors (Lipinski definition) is 3. The predicted molar refractivity (Wildman–Crippen MR) is 62.7 cm³/mol. The maximum atomic E-state index is 10.7. The van der Waals surface area contributed by atoms with E-state index in [4.69, 9.17) is 5.11 Å². The third kappa shape index (κ3) is 5.70. The Bertz CT molecular complexity index is 497. The standard InChI is InChI=1S/C8H15N5O4S/c1-18(16,17)10-3-2-9-4-5-13-6-7(8(14)15)11-12-13/h6,9-10H,2-5H2,1H3,(H,14,15). The lowest BCUT2D eigenvalue weighted by Crippen LogP contribution is -2.32. The summed E-state index contributed by atoms with van der Waals surface area (Å²) in [5.74, 6) is -1.12. The molecular formula is C8H15N5O4S. The first-order chi connectivity index (χ1) is 8.38. The minimum Gasteiger partial charge on any atom is -0.476 e. The fourth-order valence-electron chi connectivity index (χ4n) is 1.15. The van der Waals surface area contributed by atoms with Gasteiger partial charge >= 0.3 is 5.97 Å². The number of aromatic nitrogens is 3. The van der Waals surface area contributed by atoms with E-state index in [-0.39, 0.29) is 5.69 Å². The number of sulfonamides is 1. The Kier molecular flexibility index (Phi) is 5.19. The first-order valence-electron chi connectivity index (χ1n) is 5.17. The van der Waals surface area contributed by atoms with Gasteiger partial charge in [0.15, 0.2) is 5.69 Å². The van der Waals surface area contributed by atoms with Crippen molar-refractivity contribution in [3.8, 4) is 0 Å². The monoisotopic (exact) mass is 277 g/mol. The second-order valence-corrected chi connectivity index (χ2v) is 5.42. The van der Waals surface area contributed by atoms with Gasteiger partial charge in [0.25, 0.3) is 0 Å². The molecule has 0 aliphatic rings. The van der Waals surface area contributed by atoms with Crippen LogP contribution in [0.2, 0.25) is 0 Å². The molecule has 0 saturated carbocycles. The van der Waals surface area contributed by atoms with Gasteiger partial charge in [0, 0.05) is 19.6 Å². The van der Waals surface area contributed by atoms with Gasteiger partial charge in [0.1, 0.15) is 0 Å². The number of nitrogens with zero attached hydrogens (tertiary/aromatic N) is 3. The molecule has 1 heterocycles. The molecule has 0 aliphatic heterocycles. The van der Waals surface area contributed by atoms with Crippen LogP contribution in [-0.4, -0.2) is 60.4 Å². The van der Waals surface area contributed by atoms with Crippen LogP contribution >= 0.6 is 0 Å². The average molecular weight is 277 g/mol. The third-order valence-corrected chi connectivity index (χ3v) is 2.67. The lowest BCUT2D eigenvalue weighted by molar-refractivity contribution is 0.0690. The summed E-state index contributed by atoms with van der Waals surface area (Å²) >= 11 is 0. The number of nitrogens with one attached hydrogen (secondary N) is 2. The SMILES string of the molecule is CS(=O)(=O)NCCNCCn1cc(C(=O)O)nn1. The number of carbonyl (C=O) groups is 1. The van der Waals surface area contributed by atoms with Crippen LogP contribution in [0.4, 0.5) is 0 Å². The van der Waals surface area contributed by atoms with Crippen molar-refractivity contribution in [1.82, 2.24) is 25.0 Å². The largest absolute Gasteiger partial charge is 0.476 e. The summed E-state index contributed by atoms with van der Waals surface area (Å²) in [4.78, 5) is 10.5. The zero-order valence-electron chi connectivity index (χ0n) is 9.83. The van der Waals surface area contributed by atoms with Crippen LogP contribution in [0.3, 0.4) is 0 Å². The van der Waals surface area contributed by atoms with Crippen molar-refractivity contribution in [2.24, 2.45) is 0 Å². The van der Waals surface area contributed by atoms with Crippen LogP contribution in [0.15, 0.2) is 6.20 Å². The molecule has 0 amide bonds. The fraction of sp³-hybridized carbons (Fsp3) is 0.625. The molecular weight excluding hydrogens is 262 g/mol.